The Bertz CT molecular complexity index is 978. The van der Waals surface area contributed by atoms with E-state index in [2.05, 4.69) is 10.2 Å². The summed E-state index contributed by atoms with van der Waals surface area (Å²) in [5.41, 5.74) is 1.15. The molecule has 0 aliphatic rings. The van der Waals surface area contributed by atoms with Crippen LogP contribution < -0.4 is 9.47 Å². The Morgan fingerprint density at radius 3 is 2.52 bits per heavy atom. The zero-order valence-corrected chi connectivity index (χ0v) is 16.7. The second-order valence-corrected chi connectivity index (χ2v) is 7.02. The first-order chi connectivity index (χ1) is 13.0. The molecule has 0 amide bonds. The average molecular weight is 425 g/mol. The predicted molar refractivity (Wildman–Crippen MR) is 104 cm³/mol. The first kappa shape index (κ1) is 19.5. The number of carbonyl (C=O) groups is 1. The molecular weight excluding hydrogens is 411 g/mol. The van der Waals surface area contributed by atoms with Gasteiger partial charge in [0.15, 0.2) is 17.3 Å². The van der Waals surface area contributed by atoms with Gasteiger partial charge in [0.1, 0.15) is 0 Å². The Morgan fingerprint density at radius 1 is 1.04 bits per heavy atom. The molecule has 2 aromatic carbocycles. The van der Waals surface area contributed by atoms with Crippen LogP contribution in [0, 0.1) is 0 Å². The van der Waals surface area contributed by atoms with Crippen molar-refractivity contribution in [2.75, 3.05) is 20.0 Å². The third-order valence-corrected chi connectivity index (χ3v) is 5.16. The molecule has 0 saturated heterocycles. The molecule has 3 rings (SSSR count). The fourth-order valence-electron chi connectivity index (χ4n) is 2.23. The zero-order chi connectivity index (χ0) is 19.4. The second-order valence-electron chi connectivity index (χ2n) is 5.28. The van der Waals surface area contributed by atoms with Gasteiger partial charge in [0, 0.05) is 11.1 Å². The van der Waals surface area contributed by atoms with Gasteiger partial charge >= 0.3 is 0 Å². The fourth-order valence-corrected chi connectivity index (χ4v) is 3.19. The van der Waals surface area contributed by atoms with Crippen LogP contribution in [-0.4, -0.2) is 36.0 Å². The summed E-state index contributed by atoms with van der Waals surface area (Å²) in [6.07, 6.45) is 0. The van der Waals surface area contributed by atoms with Crippen molar-refractivity contribution in [1.29, 1.82) is 0 Å². The molecule has 0 spiro atoms. The van der Waals surface area contributed by atoms with Crippen LogP contribution in [0.4, 0.5) is 0 Å². The minimum absolute atomic E-state index is 0.121. The number of nitrogens with zero attached hydrogens (tertiary/aromatic N) is 2. The Kier molecular flexibility index (Phi) is 6.26. The molecule has 0 bridgehead atoms. The molecule has 0 fully saturated rings. The molecule has 1 heterocycles. The van der Waals surface area contributed by atoms with Crippen molar-refractivity contribution in [2.24, 2.45) is 0 Å². The lowest BCUT2D eigenvalue weighted by Crippen LogP contribution is -2.02. The Hall–Kier alpha value is -2.22. The number of aromatic nitrogens is 2. The van der Waals surface area contributed by atoms with Gasteiger partial charge in [-0.2, -0.15) is 0 Å². The summed E-state index contributed by atoms with van der Waals surface area (Å²) in [7, 11) is 3.11. The van der Waals surface area contributed by atoms with Crippen molar-refractivity contribution in [1.82, 2.24) is 10.2 Å². The first-order valence-corrected chi connectivity index (χ1v) is 9.43. The Labute approximate surface area is 169 Å². The van der Waals surface area contributed by atoms with Gasteiger partial charge in [-0.25, -0.2) is 0 Å². The summed E-state index contributed by atoms with van der Waals surface area (Å²) in [6, 6.07) is 10.0. The van der Waals surface area contributed by atoms with Crippen molar-refractivity contribution in [3.63, 3.8) is 0 Å². The largest absolute Gasteiger partial charge is 0.493 e. The van der Waals surface area contributed by atoms with Crippen LogP contribution >= 0.6 is 35.0 Å². The van der Waals surface area contributed by atoms with Crippen LogP contribution in [0.5, 0.6) is 11.5 Å². The highest BCUT2D eigenvalue weighted by Crippen LogP contribution is 2.32. The normalized spacial score (nSPS) is 10.7. The zero-order valence-electron chi connectivity index (χ0n) is 14.4. The van der Waals surface area contributed by atoms with Crippen molar-refractivity contribution in [3.8, 4) is 23.0 Å². The number of ketones is 1. The quantitative estimate of drug-likeness (QED) is 0.388. The number of halogens is 2. The number of carbonyl (C=O) groups excluding carboxylic acids is 1. The van der Waals surface area contributed by atoms with Crippen molar-refractivity contribution < 1.29 is 18.7 Å². The van der Waals surface area contributed by atoms with E-state index in [1.807, 2.05) is 0 Å². The molecule has 6 nitrogen and oxygen atoms in total. The smallest absolute Gasteiger partial charge is 0.277 e. The molecule has 140 valence electrons. The molecule has 3 aromatic rings. The Morgan fingerprint density at radius 2 is 1.81 bits per heavy atom. The standard InChI is InChI=1S/C18H14Cl2N2O4S/c1-24-15-6-4-11(8-16(15)25-2)17-21-22-18(26-17)27-9-14(23)10-3-5-12(19)13(20)7-10/h3-8H,9H2,1-2H3. The minimum Gasteiger partial charge on any atom is -0.493 e. The molecule has 0 saturated carbocycles. The van der Waals surface area contributed by atoms with Gasteiger partial charge in [0.05, 0.1) is 30.0 Å². The number of hydrogen-bond acceptors (Lipinski definition) is 7. The molecule has 0 radical (unpaired) electrons. The van der Waals surface area contributed by atoms with Gasteiger partial charge < -0.3 is 13.9 Å². The number of rotatable bonds is 7. The van der Waals surface area contributed by atoms with Crippen molar-refractivity contribution in [3.05, 3.63) is 52.0 Å². The van der Waals surface area contributed by atoms with Crippen molar-refractivity contribution in [2.45, 2.75) is 5.22 Å². The predicted octanol–water partition coefficient (Wildman–Crippen LogP) is 5.04. The topological polar surface area (TPSA) is 74.5 Å². The summed E-state index contributed by atoms with van der Waals surface area (Å²) in [5, 5.41) is 8.99. The molecule has 27 heavy (non-hydrogen) atoms. The number of Topliss-reactive ketones (excluding diaryl/α,β-unsaturated/α-hetero) is 1. The van der Waals surface area contributed by atoms with Gasteiger partial charge in [0.2, 0.25) is 5.89 Å². The summed E-state index contributed by atoms with van der Waals surface area (Å²) < 4.78 is 16.1. The number of benzene rings is 2. The van der Waals surface area contributed by atoms with Crippen LogP contribution in [0.2, 0.25) is 10.0 Å². The van der Waals surface area contributed by atoms with E-state index in [4.69, 9.17) is 37.1 Å². The van der Waals surface area contributed by atoms with E-state index < -0.39 is 0 Å². The highest BCUT2D eigenvalue weighted by Gasteiger charge is 2.15. The molecule has 9 heteroatoms. The number of ether oxygens (including phenoxy) is 2. The number of methoxy groups -OCH3 is 2. The van der Waals surface area contributed by atoms with E-state index >= 15 is 0 Å². The molecule has 0 N–H and O–H groups in total. The second kappa shape index (κ2) is 8.65. The minimum atomic E-state index is -0.121. The third kappa shape index (κ3) is 4.55. The summed E-state index contributed by atoms with van der Waals surface area (Å²) in [6.45, 7) is 0. The van der Waals surface area contributed by atoms with Gasteiger partial charge in [-0.15, -0.1) is 10.2 Å². The molecule has 1 aromatic heterocycles. The number of hydrogen-bond donors (Lipinski definition) is 0. The lowest BCUT2D eigenvalue weighted by Gasteiger charge is -2.07. The first-order valence-electron chi connectivity index (χ1n) is 7.68. The maximum absolute atomic E-state index is 12.3. The van der Waals surface area contributed by atoms with Crippen LogP contribution in [0.15, 0.2) is 46.0 Å². The van der Waals surface area contributed by atoms with E-state index in [0.29, 0.717) is 38.6 Å². The monoisotopic (exact) mass is 424 g/mol. The molecule has 0 atom stereocenters. The molecular formula is C18H14Cl2N2O4S. The maximum atomic E-state index is 12.3. The Balaban J connectivity index is 1.69. The maximum Gasteiger partial charge on any atom is 0.277 e. The SMILES string of the molecule is COc1ccc(-c2nnc(SCC(=O)c3ccc(Cl)c(Cl)c3)o2)cc1OC. The van der Waals surface area contributed by atoms with E-state index in [1.165, 1.54) is 6.07 Å². The highest BCUT2D eigenvalue weighted by atomic mass is 35.5. The van der Waals surface area contributed by atoms with E-state index in [1.54, 1.807) is 44.6 Å². The van der Waals surface area contributed by atoms with Crippen molar-refractivity contribution >= 4 is 40.7 Å². The lowest BCUT2D eigenvalue weighted by atomic mass is 10.1. The summed E-state index contributed by atoms with van der Waals surface area (Å²) >= 11 is 12.9. The van der Waals surface area contributed by atoms with Gasteiger partial charge in [0.25, 0.3) is 5.22 Å². The highest BCUT2D eigenvalue weighted by molar-refractivity contribution is 7.99. The van der Waals surface area contributed by atoms with Crippen LogP contribution in [0.3, 0.4) is 0 Å². The average Bonchev–Trinajstić information content (AvgIpc) is 3.16. The van der Waals surface area contributed by atoms with E-state index in [-0.39, 0.29) is 16.8 Å². The fraction of sp³-hybridized carbons (Fsp3) is 0.167. The summed E-state index contributed by atoms with van der Waals surface area (Å²) in [5.74, 6) is 1.48. The van der Waals surface area contributed by atoms with Crippen LogP contribution in [-0.2, 0) is 0 Å². The summed E-state index contributed by atoms with van der Waals surface area (Å²) in [4.78, 5) is 12.3. The third-order valence-electron chi connectivity index (χ3n) is 3.61. The number of thioether (sulfide) groups is 1. The van der Waals surface area contributed by atoms with Gasteiger partial charge in [-0.05, 0) is 36.4 Å². The van der Waals surface area contributed by atoms with Crippen LogP contribution in [0.1, 0.15) is 10.4 Å². The lowest BCUT2D eigenvalue weighted by molar-refractivity contribution is 0.102. The van der Waals surface area contributed by atoms with Gasteiger partial charge in [-0.1, -0.05) is 35.0 Å². The van der Waals surface area contributed by atoms with Gasteiger partial charge in [-0.3, -0.25) is 4.79 Å². The van der Waals surface area contributed by atoms with E-state index in [9.17, 15) is 4.79 Å². The molecule has 0 aliphatic carbocycles. The molecule has 0 unspecified atom stereocenters. The molecule has 0 aliphatic heterocycles. The van der Waals surface area contributed by atoms with Crippen LogP contribution in [0.25, 0.3) is 11.5 Å². The van der Waals surface area contributed by atoms with E-state index in [0.717, 1.165) is 11.8 Å².